The van der Waals surface area contributed by atoms with Gasteiger partial charge in [-0.2, -0.15) is 0 Å². The predicted octanol–water partition coefficient (Wildman–Crippen LogP) is 0.520. The van der Waals surface area contributed by atoms with Crippen molar-refractivity contribution in [3.63, 3.8) is 0 Å². The van der Waals surface area contributed by atoms with E-state index in [0.717, 1.165) is 5.39 Å². The third-order valence-corrected chi connectivity index (χ3v) is 4.19. The molecule has 0 saturated carbocycles. The number of carbonyl (C=O) groups excluding carboxylic acids is 2. The Hall–Kier alpha value is -2.67. The monoisotopic (exact) mass is 329 g/mol. The molecule has 0 radical (unpaired) electrons. The van der Waals surface area contributed by atoms with Gasteiger partial charge in [-0.25, -0.2) is 4.98 Å². The smallest absolute Gasteiger partial charge is 0.254 e. The summed E-state index contributed by atoms with van der Waals surface area (Å²) in [5.74, 6) is -0.0210. The first-order valence-corrected chi connectivity index (χ1v) is 7.75. The topological polar surface area (TPSA) is 83.0 Å². The normalized spacial score (nSPS) is 14.8. The standard InChI is InChI=1S/C17H19N3O4/c1-24-15-10-13(12-4-2-3-5-14(12)18-15)17(23)20-8-6-19(7-9-20)16(22)11-21/h2-5,10,21H,6-9,11H2,1H3. The van der Waals surface area contributed by atoms with E-state index in [9.17, 15) is 9.59 Å². The number of ether oxygens (including phenoxy) is 1. The average molecular weight is 329 g/mol. The molecule has 0 bridgehead atoms. The van der Waals surface area contributed by atoms with Crippen LogP contribution in [0, 0.1) is 0 Å². The summed E-state index contributed by atoms with van der Waals surface area (Å²) in [5.41, 5.74) is 1.24. The molecule has 126 valence electrons. The quantitative estimate of drug-likeness (QED) is 0.888. The lowest BCUT2D eigenvalue weighted by atomic mass is 10.1. The van der Waals surface area contributed by atoms with Crippen molar-refractivity contribution in [1.29, 1.82) is 0 Å². The van der Waals surface area contributed by atoms with E-state index in [-0.39, 0.29) is 11.8 Å². The first-order chi connectivity index (χ1) is 11.6. The number of pyridine rings is 1. The molecule has 1 aromatic carbocycles. The highest BCUT2D eigenvalue weighted by atomic mass is 16.5. The van der Waals surface area contributed by atoms with Crippen LogP contribution < -0.4 is 4.74 Å². The molecule has 2 heterocycles. The number of methoxy groups -OCH3 is 1. The van der Waals surface area contributed by atoms with Crippen LogP contribution in [-0.4, -0.2) is 71.6 Å². The van der Waals surface area contributed by atoms with E-state index in [4.69, 9.17) is 9.84 Å². The second-order valence-corrected chi connectivity index (χ2v) is 5.56. The fourth-order valence-electron chi connectivity index (χ4n) is 2.86. The van der Waals surface area contributed by atoms with E-state index < -0.39 is 6.61 Å². The number of aliphatic hydroxyl groups is 1. The van der Waals surface area contributed by atoms with E-state index in [0.29, 0.717) is 43.1 Å². The van der Waals surface area contributed by atoms with Gasteiger partial charge in [0.2, 0.25) is 11.8 Å². The van der Waals surface area contributed by atoms with Gasteiger partial charge in [0.05, 0.1) is 18.2 Å². The Morgan fingerprint density at radius 2 is 1.83 bits per heavy atom. The van der Waals surface area contributed by atoms with Gasteiger partial charge in [-0.1, -0.05) is 18.2 Å². The van der Waals surface area contributed by atoms with Gasteiger partial charge >= 0.3 is 0 Å². The van der Waals surface area contributed by atoms with E-state index in [1.807, 2.05) is 24.3 Å². The number of rotatable bonds is 3. The van der Waals surface area contributed by atoms with Crippen molar-refractivity contribution >= 4 is 22.7 Å². The maximum atomic E-state index is 12.9. The number of hydrogen-bond acceptors (Lipinski definition) is 5. The van der Waals surface area contributed by atoms with Crippen LogP contribution in [0.1, 0.15) is 10.4 Å². The van der Waals surface area contributed by atoms with Gasteiger partial charge < -0.3 is 19.6 Å². The van der Waals surface area contributed by atoms with Crippen molar-refractivity contribution in [2.45, 2.75) is 0 Å². The lowest BCUT2D eigenvalue weighted by Gasteiger charge is -2.34. The van der Waals surface area contributed by atoms with Crippen LogP contribution in [0.15, 0.2) is 30.3 Å². The number of para-hydroxylation sites is 1. The molecule has 0 unspecified atom stereocenters. The summed E-state index contributed by atoms with van der Waals surface area (Å²) in [4.78, 5) is 32.1. The number of benzene rings is 1. The van der Waals surface area contributed by atoms with Crippen LogP contribution in [0.3, 0.4) is 0 Å². The average Bonchev–Trinajstić information content (AvgIpc) is 2.66. The molecule has 1 aromatic heterocycles. The molecular formula is C17H19N3O4. The first kappa shape index (κ1) is 16.2. The van der Waals surface area contributed by atoms with Crippen LogP contribution >= 0.6 is 0 Å². The number of carbonyl (C=O) groups is 2. The molecule has 2 amide bonds. The molecule has 1 N–H and O–H groups in total. The van der Waals surface area contributed by atoms with Gasteiger partial charge in [-0.15, -0.1) is 0 Å². The summed E-state index contributed by atoms with van der Waals surface area (Å²) < 4.78 is 5.20. The summed E-state index contributed by atoms with van der Waals surface area (Å²) in [7, 11) is 1.52. The number of aliphatic hydroxyl groups excluding tert-OH is 1. The van der Waals surface area contributed by atoms with E-state index >= 15 is 0 Å². The predicted molar refractivity (Wildman–Crippen MR) is 87.9 cm³/mol. The molecule has 1 saturated heterocycles. The molecule has 7 nitrogen and oxygen atoms in total. The molecule has 1 aliphatic rings. The summed E-state index contributed by atoms with van der Waals surface area (Å²) >= 11 is 0. The number of nitrogens with zero attached hydrogens (tertiary/aromatic N) is 3. The number of amides is 2. The Morgan fingerprint density at radius 1 is 1.17 bits per heavy atom. The summed E-state index contributed by atoms with van der Waals surface area (Å²) in [6.45, 7) is 1.21. The van der Waals surface area contributed by atoms with Gasteiger partial charge in [0.15, 0.2) is 0 Å². The molecule has 3 rings (SSSR count). The highest BCUT2D eigenvalue weighted by Crippen LogP contribution is 2.23. The van der Waals surface area contributed by atoms with Crippen LogP contribution in [0.25, 0.3) is 10.9 Å². The fourth-order valence-corrected chi connectivity index (χ4v) is 2.86. The van der Waals surface area contributed by atoms with Crippen molar-refractivity contribution in [1.82, 2.24) is 14.8 Å². The van der Waals surface area contributed by atoms with Crippen LogP contribution in [-0.2, 0) is 4.79 Å². The fraction of sp³-hybridized carbons (Fsp3) is 0.353. The summed E-state index contributed by atoms with van der Waals surface area (Å²) in [6, 6.07) is 9.08. The lowest BCUT2D eigenvalue weighted by Crippen LogP contribution is -2.51. The Labute approximate surface area is 139 Å². The first-order valence-electron chi connectivity index (χ1n) is 7.75. The highest BCUT2D eigenvalue weighted by molar-refractivity contribution is 6.06. The van der Waals surface area contributed by atoms with Gasteiger partial charge in [-0.05, 0) is 6.07 Å². The maximum absolute atomic E-state index is 12.9. The Balaban J connectivity index is 1.86. The number of piperazine rings is 1. The van der Waals surface area contributed by atoms with E-state index in [2.05, 4.69) is 4.98 Å². The molecule has 1 fully saturated rings. The van der Waals surface area contributed by atoms with Gasteiger partial charge in [0.25, 0.3) is 5.91 Å². The number of fused-ring (bicyclic) bond motifs is 1. The van der Waals surface area contributed by atoms with Crippen molar-refractivity contribution < 1.29 is 19.4 Å². The zero-order valence-corrected chi connectivity index (χ0v) is 13.4. The zero-order valence-electron chi connectivity index (χ0n) is 13.4. The van der Waals surface area contributed by atoms with Crippen LogP contribution in [0.2, 0.25) is 0 Å². The molecule has 24 heavy (non-hydrogen) atoms. The molecule has 2 aromatic rings. The molecule has 0 spiro atoms. The minimum atomic E-state index is -0.500. The van der Waals surface area contributed by atoms with Crippen LogP contribution in [0.5, 0.6) is 5.88 Å². The minimum absolute atomic E-state index is 0.108. The Bertz CT molecular complexity index is 770. The third-order valence-electron chi connectivity index (χ3n) is 4.19. The van der Waals surface area contributed by atoms with Crippen LogP contribution in [0.4, 0.5) is 0 Å². The van der Waals surface area contributed by atoms with E-state index in [1.165, 1.54) is 7.11 Å². The minimum Gasteiger partial charge on any atom is -0.481 e. The lowest BCUT2D eigenvalue weighted by molar-refractivity contribution is -0.135. The molecular weight excluding hydrogens is 310 g/mol. The Morgan fingerprint density at radius 3 is 2.50 bits per heavy atom. The SMILES string of the molecule is COc1cc(C(=O)N2CCN(C(=O)CO)CC2)c2ccccc2n1. The van der Waals surface area contributed by atoms with Gasteiger partial charge in [-0.3, -0.25) is 9.59 Å². The van der Waals surface area contributed by atoms with E-state index in [1.54, 1.807) is 15.9 Å². The maximum Gasteiger partial charge on any atom is 0.254 e. The molecule has 1 aliphatic heterocycles. The van der Waals surface area contributed by atoms with Crippen molar-refractivity contribution in [3.05, 3.63) is 35.9 Å². The number of hydrogen-bond donors (Lipinski definition) is 1. The molecule has 7 heteroatoms. The van der Waals surface area contributed by atoms with Crippen molar-refractivity contribution in [3.8, 4) is 5.88 Å². The molecule has 0 atom stereocenters. The largest absolute Gasteiger partial charge is 0.481 e. The highest BCUT2D eigenvalue weighted by Gasteiger charge is 2.26. The van der Waals surface area contributed by atoms with Crippen molar-refractivity contribution in [2.24, 2.45) is 0 Å². The molecule has 0 aliphatic carbocycles. The van der Waals surface area contributed by atoms with Crippen molar-refractivity contribution in [2.75, 3.05) is 39.9 Å². The Kier molecular flexibility index (Phi) is 4.61. The third kappa shape index (κ3) is 3.03. The van der Waals surface area contributed by atoms with Gasteiger partial charge in [0.1, 0.15) is 6.61 Å². The zero-order chi connectivity index (χ0) is 17.1. The summed E-state index contributed by atoms with van der Waals surface area (Å²) in [6.07, 6.45) is 0. The summed E-state index contributed by atoms with van der Waals surface area (Å²) in [5, 5.41) is 9.70. The van der Waals surface area contributed by atoms with Gasteiger partial charge in [0, 0.05) is 37.6 Å². The second kappa shape index (κ2) is 6.84. The number of aromatic nitrogens is 1. The second-order valence-electron chi connectivity index (χ2n) is 5.56.